The molecule has 0 aliphatic heterocycles. The maximum atomic E-state index is 12.3. The molecule has 22 heavy (non-hydrogen) atoms. The molecule has 2 aromatic carbocycles. The van der Waals surface area contributed by atoms with Gasteiger partial charge in [0.1, 0.15) is 0 Å². The second kappa shape index (κ2) is 5.62. The summed E-state index contributed by atoms with van der Waals surface area (Å²) in [6.07, 6.45) is 0. The summed E-state index contributed by atoms with van der Waals surface area (Å²) in [6.45, 7) is 0. The SMILES string of the molecule is Cn1c(=O)oc2cc(NC(=O)c3cc(Br)ccc3Cl)ccc21. The molecule has 0 saturated heterocycles. The van der Waals surface area contributed by atoms with Crippen LogP contribution in [0.2, 0.25) is 5.02 Å². The van der Waals surface area contributed by atoms with Crippen LogP contribution < -0.4 is 11.1 Å². The number of hydrogen-bond donors (Lipinski definition) is 1. The van der Waals surface area contributed by atoms with Crippen molar-refractivity contribution >= 4 is 50.2 Å². The predicted octanol–water partition coefficient (Wildman–Crippen LogP) is 3.80. The van der Waals surface area contributed by atoms with E-state index >= 15 is 0 Å². The molecule has 3 aromatic rings. The van der Waals surface area contributed by atoms with Crippen LogP contribution in [0, 0.1) is 0 Å². The topological polar surface area (TPSA) is 64.2 Å². The molecule has 0 unspecified atom stereocenters. The van der Waals surface area contributed by atoms with Crippen LogP contribution in [0.15, 0.2) is 50.1 Å². The highest BCUT2D eigenvalue weighted by molar-refractivity contribution is 9.10. The van der Waals surface area contributed by atoms with Crippen LogP contribution in [0.5, 0.6) is 0 Å². The Morgan fingerprint density at radius 2 is 2.05 bits per heavy atom. The third-order valence-electron chi connectivity index (χ3n) is 3.22. The fraction of sp³-hybridized carbons (Fsp3) is 0.0667. The van der Waals surface area contributed by atoms with E-state index in [0.717, 1.165) is 4.47 Å². The Labute approximate surface area is 138 Å². The first kappa shape index (κ1) is 14.9. The van der Waals surface area contributed by atoms with E-state index in [1.165, 1.54) is 4.57 Å². The Bertz CT molecular complexity index is 946. The van der Waals surface area contributed by atoms with Crippen LogP contribution in [-0.2, 0) is 7.05 Å². The zero-order chi connectivity index (χ0) is 15.9. The van der Waals surface area contributed by atoms with Crippen molar-refractivity contribution in [2.24, 2.45) is 7.05 Å². The van der Waals surface area contributed by atoms with Gasteiger partial charge in [0.2, 0.25) is 0 Å². The van der Waals surface area contributed by atoms with Crippen LogP contribution in [0.3, 0.4) is 0 Å². The molecule has 0 aliphatic carbocycles. The number of hydrogen-bond acceptors (Lipinski definition) is 3. The van der Waals surface area contributed by atoms with Gasteiger partial charge in [-0.25, -0.2) is 4.79 Å². The van der Waals surface area contributed by atoms with E-state index < -0.39 is 5.76 Å². The molecule has 0 saturated carbocycles. The van der Waals surface area contributed by atoms with Crippen LogP contribution >= 0.6 is 27.5 Å². The average molecular weight is 382 g/mol. The summed E-state index contributed by atoms with van der Waals surface area (Å²) in [5.41, 5.74) is 1.93. The summed E-state index contributed by atoms with van der Waals surface area (Å²) in [6, 6.07) is 10.0. The van der Waals surface area contributed by atoms with Gasteiger partial charge in [0.05, 0.1) is 16.1 Å². The van der Waals surface area contributed by atoms with Gasteiger partial charge in [0.15, 0.2) is 5.58 Å². The normalized spacial score (nSPS) is 10.9. The van der Waals surface area contributed by atoms with Crippen LogP contribution in [0.1, 0.15) is 10.4 Å². The Balaban J connectivity index is 1.94. The largest absolute Gasteiger partial charge is 0.419 e. The zero-order valence-electron chi connectivity index (χ0n) is 11.4. The lowest BCUT2D eigenvalue weighted by molar-refractivity contribution is 0.102. The fourth-order valence-corrected chi connectivity index (χ4v) is 2.65. The van der Waals surface area contributed by atoms with Gasteiger partial charge in [-0.15, -0.1) is 0 Å². The first-order valence-corrected chi connectivity index (χ1v) is 7.49. The summed E-state index contributed by atoms with van der Waals surface area (Å²) < 4.78 is 7.24. The van der Waals surface area contributed by atoms with Crippen molar-refractivity contribution in [3.8, 4) is 0 Å². The van der Waals surface area contributed by atoms with Crippen molar-refractivity contribution in [1.29, 1.82) is 0 Å². The number of anilines is 1. The molecule has 1 amide bonds. The number of oxazole rings is 1. The number of aromatic nitrogens is 1. The molecule has 3 rings (SSSR count). The van der Waals surface area contributed by atoms with Crippen molar-refractivity contribution in [3.05, 3.63) is 62.0 Å². The third kappa shape index (κ3) is 2.67. The lowest BCUT2D eigenvalue weighted by Crippen LogP contribution is -2.12. The van der Waals surface area contributed by atoms with E-state index in [1.807, 2.05) is 0 Å². The monoisotopic (exact) mass is 380 g/mol. The minimum absolute atomic E-state index is 0.344. The summed E-state index contributed by atoms with van der Waals surface area (Å²) in [4.78, 5) is 23.7. The Hall–Kier alpha value is -2.05. The summed E-state index contributed by atoms with van der Waals surface area (Å²) in [5.74, 6) is -0.794. The fourth-order valence-electron chi connectivity index (χ4n) is 2.08. The maximum absolute atomic E-state index is 12.3. The number of amides is 1. The van der Waals surface area contributed by atoms with Gasteiger partial charge in [-0.1, -0.05) is 27.5 Å². The number of carbonyl (C=O) groups is 1. The zero-order valence-corrected chi connectivity index (χ0v) is 13.7. The van der Waals surface area contributed by atoms with Crippen molar-refractivity contribution in [2.75, 3.05) is 5.32 Å². The highest BCUT2D eigenvalue weighted by Gasteiger charge is 2.13. The smallest absolute Gasteiger partial charge is 0.408 e. The van der Waals surface area contributed by atoms with Gasteiger partial charge in [-0.3, -0.25) is 9.36 Å². The number of halogens is 2. The first-order valence-electron chi connectivity index (χ1n) is 6.31. The summed E-state index contributed by atoms with van der Waals surface area (Å²) in [7, 11) is 1.62. The van der Waals surface area contributed by atoms with Gasteiger partial charge in [0.25, 0.3) is 5.91 Å². The Morgan fingerprint density at radius 3 is 2.82 bits per heavy atom. The highest BCUT2D eigenvalue weighted by Crippen LogP contribution is 2.23. The number of nitrogens with zero attached hydrogens (tertiary/aromatic N) is 1. The number of carbonyl (C=O) groups excluding carboxylic acids is 1. The second-order valence-corrected chi connectivity index (χ2v) is 6.01. The van der Waals surface area contributed by atoms with Gasteiger partial charge in [0, 0.05) is 23.3 Å². The molecule has 5 nitrogen and oxygen atoms in total. The third-order valence-corrected chi connectivity index (χ3v) is 4.05. The average Bonchev–Trinajstić information content (AvgIpc) is 2.76. The van der Waals surface area contributed by atoms with Crippen LogP contribution in [0.4, 0.5) is 5.69 Å². The molecular formula is C15H10BrClN2O3. The molecule has 0 atom stereocenters. The van der Waals surface area contributed by atoms with Crippen LogP contribution in [0.25, 0.3) is 11.1 Å². The van der Waals surface area contributed by atoms with Crippen molar-refractivity contribution in [2.45, 2.75) is 0 Å². The molecule has 1 heterocycles. The number of fused-ring (bicyclic) bond motifs is 1. The van der Waals surface area contributed by atoms with E-state index in [4.69, 9.17) is 16.0 Å². The van der Waals surface area contributed by atoms with Crippen molar-refractivity contribution in [3.63, 3.8) is 0 Å². The van der Waals surface area contributed by atoms with Crippen LogP contribution in [-0.4, -0.2) is 10.5 Å². The standard InChI is InChI=1S/C15H10BrClN2O3/c1-19-12-5-3-9(7-13(12)22-15(19)21)18-14(20)10-6-8(16)2-4-11(10)17/h2-7H,1H3,(H,18,20). The van der Waals surface area contributed by atoms with E-state index in [2.05, 4.69) is 21.2 Å². The molecule has 7 heteroatoms. The number of rotatable bonds is 2. The summed E-state index contributed by atoms with van der Waals surface area (Å²) >= 11 is 9.33. The van der Waals surface area contributed by atoms with Gasteiger partial charge in [-0.2, -0.15) is 0 Å². The minimum Gasteiger partial charge on any atom is -0.408 e. The molecule has 0 spiro atoms. The van der Waals surface area contributed by atoms with E-state index in [9.17, 15) is 9.59 Å². The van der Waals surface area contributed by atoms with Gasteiger partial charge < -0.3 is 9.73 Å². The molecule has 1 aromatic heterocycles. The quantitative estimate of drug-likeness (QED) is 0.734. The minimum atomic E-state index is -0.450. The maximum Gasteiger partial charge on any atom is 0.419 e. The molecule has 1 N–H and O–H groups in total. The summed E-state index contributed by atoms with van der Waals surface area (Å²) in [5, 5.41) is 3.09. The number of nitrogens with one attached hydrogen (secondary N) is 1. The molecular weight excluding hydrogens is 372 g/mol. The highest BCUT2D eigenvalue weighted by atomic mass is 79.9. The van der Waals surface area contributed by atoms with E-state index in [0.29, 0.717) is 27.4 Å². The van der Waals surface area contributed by atoms with Crippen molar-refractivity contribution < 1.29 is 9.21 Å². The van der Waals surface area contributed by atoms with E-state index in [1.54, 1.807) is 43.4 Å². The predicted molar refractivity (Wildman–Crippen MR) is 88.6 cm³/mol. The number of benzene rings is 2. The molecule has 0 fully saturated rings. The number of aryl methyl sites for hydroxylation is 1. The van der Waals surface area contributed by atoms with Gasteiger partial charge in [-0.05, 0) is 30.3 Å². The second-order valence-electron chi connectivity index (χ2n) is 4.69. The molecule has 0 aliphatic rings. The lowest BCUT2D eigenvalue weighted by Gasteiger charge is -2.07. The van der Waals surface area contributed by atoms with Gasteiger partial charge >= 0.3 is 5.76 Å². The molecule has 112 valence electrons. The molecule has 0 radical (unpaired) electrons. The Kier molecular flexibility index (Phi) is 3.80. The lowest BCUT2D eigenvalue weighted by atomic mass is 10.2. The Morgan fingerprint density at radius 1 is 1.27 bits per heavy atom. The molecule has 0 bridgehead atoms. The van der Waals surface area contributed by atoms with E-state index in [-0.39, 0.29) is 5.91 Å². The van der Waals surface area contributed by atoms with Crippen molar-refractivity contribution in [1.82, 2.24) is 4.57 Å². The first-order chi connectivity index (χ1) is 10.5.